The van der Waals surface area contributed by atoms with E-state index in [4.69, 9.17) is 5.11 Å². The third-order valence-corrected chi connectivity index (χ3v) is 3.00. The molecule has 2 atom stereocenters. The number of rotatable bonds is 3. The Labute approximate surface area is 74.6 Å². The van der Waals surface area contributed by atoms with Gasteiger partial charge in [-0.15, -0.1) is 0 Å². The molecule has 0 bridgehead atoms. The van der Waals surface area contributed by atoms with Crippen molar-refractivity contribution in [1.82, 2.24) is 0 Å². The van der Waals surface area contributed by atoms with Gasteiger partial charge in [-0.05, 0) is 18.8 Å². The Kier molecular flexibility index (Phi) is 4.02. The van der Waals surface area contributed by atoms with Gasteiger partial charge in [0.2, 0.25) is 0 Å². The highest BCUT2D eigenvalue weighted by Gasteiger charge is 2.25. The molecule has 0 aromatic rings. The molecule has 1 aliphatic rings. The normalized spacial score (nSPS) is 25.2. The predicted molar refractivity (Wildman–Crippen MR) is 48.8 cm³/mol. The highest BCUT2D eigenvalue weighted by atomic mass is 16.3. The summed E-state index contributed by atoms with van der Waals surface area (Å²) in [6.45, 7) is 2.02. The Morgan fingerprint density at radius 1 is 1.25 bits per heavy atom. The van der Waals surface area contributed by atoms with Crippen molar-refractivity contribution < 1.29 is 10.2 Å². The first-order valence-electron chi connectivity index (χ1n) is 5.04. The highest BCUT2D eigenvalue weighted by molar-refractivity contribution is 4.76. The summed E-state index contributed by atoms with van der Waals surface area (Å²) in [6, 6.07) is 0. The van der Waals surface area contributed by atoms with Crippen molar-refractivity contribution in [3.05, 3.63) is 0 Å². The fraction of sp³-hybridized carbons (Fsp3) is 1.00. The van der Waals surface area contributed by atoms with E-state index in [0.717, 1.165) is 12.8 Å². The molecule has 12 heavy (non-hydrogen) atoms. The molecule has 1 rings (SSSR count). The maximum absolute atomic E-state index is 9.78. The number of hydrogen-bond donors (Lipinski definition) is 2. The Hall–Kier alpha value is -0.0800. The summed E-state index contributed by atoms with van der Waals surface area (Å²) in [4.78, 5) is 0. The zero-order chi connectivity index (χ0) is 8.97. The van der Waals surface area contributed by atoms with Gasteiger partial charge in [0.25, 0.3) is 0 Å². The van der Waals surface area contributed by atoms with E-state index in [-0.39, 0.29) is 18.6 Å². The average molecular weight is 172 g/mol. The number of aliphatic hydroxyl groups is 2. The minimum Gasteiger partial charge on any atom is -0.396 e. The minimum atomic E-state index is -0.282. The van der Waals surface area contributed by atoms with Crippen molar-refractivity contribution in [2.24, 2.45) is 11.8 Å². The van der Waals surface area contributed by atoms with Crippen LogP contribution in [0.15, 0.2) is 0 Å². The minimum absolute atomic E-state index is 0.0492. The monoisotopic (exact) mass is 172 g/mol. The van der Waals surface area contributed by atoms with E-state index in [1.165, 1.54) is 19.3 Å². The Morgan fingerprint density at radius 3 is 2.33 bits per heavy atom. The molecule has 0 saturated heterocycles. The maximum atomic E-state index is 9.78. The van der Waals surface area contributed by atoms with Gasteiger partial charge < -0.3 is 10.2 Å². The lowest BCUT2D eigenvalue weighted by atomic mass is 9.81. The Bertz CT molecular complexity index is 119. The van der Waals surface area contributed by atoms with Crippen molar-refractivity contribution >= 4 is 0 Å². The first-order chi connectivity index (χ1) is 5.75. The lowest BCUT2D eigenvalue weighted by Gasteiger charge is -2.29. The molecule has 2 heteroatoms. The summed E-state index contributed by atoms with van der Waals surface area (Å²) < 4.78 is 0. The van der Waals surface area contributed by atoms with Crippen molar-refractivity contribution in [3.8, 4) is 0 Å². The molecule has 1 aliphatic carbocycles. The summed E-state index contributed by atoms with van der Waals surface area (Å²) in [7, 11) is 0. The van der Waals surface area contributed by atoms with Gasteiger partial charge in [0.15, 0.2) is 0 Å². The molecular formula is C10H20O2. The Morgan fingerprint density at radius 2 is 1.83 bits per heavy atom. The van der Waals surface area contributed by atoms with Crippen LogP contribution in [0.1, 0.15) is 39.0 Å². The molecule has 1 saturated carbocycles. The van der Waals surface area contributed by atoms with Gasteiger partial charge in [-0.1, -0.05) is 26.2 Å². The van der Waals surface area contributed by atoms with Gasteiger partial charge in [0.05, 0.1) is 6.10 Å². The second-order valence-electron chi connectivity index (χ2n) is 4.05. The van der Waals surface area contributed by atoms with E-state index in [1.807, 2.05) is 6.92 Å². The molecule has 2 N–H and O–H groups in total. The van der Waals surface area contributed by atoms with Crippen LogP contribution in [0, 0.1) is 11.8 Å². The van der Waals surface area contributed by atoms with E-state index in [1.54, 1.807) is 0 Å². The fourth-order valence-corrected chi connectivity index (χ4v) is 2.05. The van der Waals surface area contributed by atoms with Crippen molar-refractivity contribution in [2.45, 2.75) is 45.1 Å². The van der Waals surface area contributed by atoms with Crippen molar-refractivity contribution in [3.63, 3.8) is 0 Å². The fourth-order valence-electron chi connectivity index (χ4n) is 2.05. The first-order valence-corrected chi connectivity index (χ1v) is 5.04. The van der Waals surface area contributed by atoms with Crippen LogP contribution in [-0.2, 0) is 0 Å². The predicted octanol–water partition coefficient (Wildman–Crippen LogP) is 1.56. The molecule has 1 fully saturated rings. The molecule has 0 aliphatic heterocycles. The molecule has 0 unspecified atom stereocenters. The van der Waals surface area contributed by atoms with Gasteiger partial charge in [-0.3, -0.25) is 0 Å². The molecule has 2 nitrogen and oxygen atoms in total. The quantitative estimate of drug-likeness (QED) is 0.678. The zero-order valence-electron chi connectivity index (χ0n) is 7.87. The average Bonchev–Trinajstić information content (AvgIpc) is 2.17. The summed E-state index contributed by atoms with van der Waals surface area (Å²) in [5.41, 5.74) is 0. The van der Waals surface area contributed by atoms with Gasteiger partial charge in [-0.2, -0.15) is 0 Å². The first kappa shape index (κ1) is 10.0. The highest BCUT2D eigenvalue weighted by Crippen LogP contribution is 2.29. The molecule has 0 aromatic heterocycles. The standard InChI is InChI=1S/C10H20O2/c1-8(7-11)10(12)9-5-3-2-4-6-9/h8-12H,2-7H2,1H3/t8-,10+/m0/s1. The second-order valence-corrected chi connectivity index (χ2v) is 4.05. The van der Waals surface area contributed by atoms with Crippen LogP contribution in [0.25, 0.3) is 0 Å². The third-order valence-electron chi connectivity index (χ3n) is 3.00. The number of aliphatic hydroxyl groups excluding tert-OH is 2. The van der Waals surface area contributed by atoms with Crippen LogP contribution in [0.3, 0.4) is 0 Å². The van der Waals surface area contributed by atoms with Crippen LogP contribution in [0.2, 0.25) is 0 Å². The maximum Gasteiger partial charge on any atom is 0.0615 e. The largest absolute Gasteiger partial charge is 0.396 e. The van der Waals surface area contributed by atoms with Crippen LogP contribution >= 0.6 is 0 Å². The summed E-state index contributed by atoms with van der Waals surface area (Å²) in [6.07, 6.45) is 5.82. The third kappa shape index (κ3) is 2.46. The molecule has 0 amide bonds. The SMILES string of the molecule is C[C@@H](CO)[C@@H](O)C1CCCCC1. The van der Waals surface area contributed by atoms with Crippen LogP contribution < -0.4 is 0 Å². The van der Waals surface area contributed by atoms with Crippen molar-refractivity contribution in [1.29, 1.82) is 0 Å². The summed E-state index contributed by atoms with van der Waals surface area (Å²) in [5.74, 6) is 0.494. The van der Waals surface area contributed by atoms with E-state index in [2.05, 4.69) is 0 Å². The van der Waals surface area contributed by atoms with E-state index >= 15 is 0 Å². The van der Waals surface area contributed by atoms with Crippen LogP contribution in [0.4, 0.5) is 0 Å². The van der Waals surface area contributed by atoms with E-state index in [0.29, 0.717) is 5.92 Å². The van der Waals surface area contributed by atoms with Gasteiger partial charge in [0.1, 0.15) is 0 Å². The van der Waals surface area contributed by atoms with E-state index in [9.17, 15) is 5.11 Å². The van der Waals surface area contributed by atoms with Crippen LogP contribution in [-0.4, -0.2) is 22.9 Å². The smallest absolute Gasteiger partial charge is 0.0615 e. The summed E-state index contributed by atoms with van der Waals surface area (Å²) >= 11 is 0. The topological polar surface area (TPSA) is 40.5 Å². The lowest BCUT2D eigenvalue weighted by Crippen LogP contribution is -2.30. The van der Waals surface area contributed by atoms with E-state index < -0.39 is 0 Å². The molecule has 72 valence electrons. The number of hydrogen-bond acceptors (Lipinski definition) is 2. The van der Waals surface area contributed by atoms with Crippen molar-refractivity contribution in [2.75, 3.05) is 6.61 Å². The Balaban J connectivity index is 2.33. The van der Waals surface area contributed by atoms with Gasteiger partial charge in [0, 0.05) is 12.5 Å². The molecule has 0 aromatic carbocycles. The second kappa shape index (κ2) is 4.83. The molecule has 0 radical (unpaired) electrons. The van der Waals surface area contributed by atoms with Gasteiger partial charge in [-0.25, -0.2) is 0 Å². The zero-order valence-corrected chi connectivity index (χ0v) is 7.87. The lowest BCUT2D eigenvalue weighted by molar-refractivity contribution is 0.0171. The summed E-state index contributed by atoms with van der Waals surface area (Å²) in [5, 5.41) is 18.7. The molecule has 0 spiro atoms. The van der Waals surface area contributed by atoms with Gasteiger partial charge >= 0.3 is 0 Å². The molecule has 0 heterocycles. The van der Waals surface area contributed by atoms with Crippen LogP contribution in [0.5, 0.6) is 0 Å². The molecular weight excluding hydrogens is 152 g/mol.